The second-order valence-corrected chi connectivity index (χ2v) is 5.80. The molecule has 7 nitrogen and oxygen atoms in total. The van der Waals surface area contributed by atoms with Crippen LogP contribution in [0.1, 0.15) is 0 Å². The average molecular weight is 320 g/mol. The first-order chi connectivity index (χ1) is 11.0. The second kappa shape index (κ2) is 5.86. The molecule has 3 rings (SSSR count). The number of aliphatic carboxylic acids is 1. The van der Waals surface area contributed by atoms with Gasteiger partial charge in [0.05, 0.1) is 5.92 Å². The Kier molecular flexibility index (Phi) is 3.89. The number of nitrogen functional groups attached to an aromatic ring is 1. The number of halogens is 1. The largest absolute Gasteiger partial charge is 0.508 e. The lowest BCUT2D eigenvalue weighted by Crippen LogP contribution is -2.33. The Morgan fingerprint density at radius 1 is 1.35 bits per heavy atom. The van der Waals surface area contributed by atoms with Crippen LogP contribution in [0.15, 0.2) is 36.1 Å². The van der Waals surface area contributed by atoms with Crippen molar-refractivity contribution >= 4 is 17.6 Å². The molecule has 0 bridgehead atoms. The molecule has 1 saturated heterocycles. The number of nitrogens with two attached hydrogens (primary N) is 1. The summed E-state index contributed by atoms with van der Waals surface area (Å²) in [5, 5.41) is 26.5. The Labute approximate surface area is 131 Å². The van der Waals surface area contributed by atoms with Gasteiger partial charge in [0, 0.05) is 24.9 Å². The molecule has 0 saturated carbocycles. The molecule has 4 atom stereocenters. The molecule has 23 heavy (non-hydrogen) atoms. The highest BCUT2D eigenvalue weighted by Gasteiger charge is 2.44. The zero-order chi connectivity index (χ0) is 16.6. The molecule has 0 spiro atoms. The summed E-state index contributed by atoms with van der Waals surface area (Å²) in [7, 11) is 0. The number of allylic oxidation sites excluding steroid dienone is 3. The number of aromatic nitrogens is 2. The van der Waals surface area contributed by atoms with E-state index >= 15 is 0 Å². The molecular formula is C15H17FN4O3. The third-order valence-electron chi connectivity index (χ3n) is 4.36. The number of hydrogen-bond acceptors (Lipinski definition) is 6. The Hall–Kier alpha value is -2.64. The predicted molar refractivity (Wildman–Crippen MR) is 81.5 cm³/mol. The number of hydrogen-bond donors (Lipinski definition) is 3. The lowest BCUT2D eigenvalue weighted by molar-refractivity contribution is -0.142. The molecule has 1 aromatic heterocycles. The van der Waals surface area contributed by atoms with Gasteiger partial charge in [0.25, 0.3) is 0 Å². The number of anilines is 2. The van der Waals surface area contributed by atoms with Crippen LogP contribution in [0, 0.1) is 17.8 Å². The van der Waals surface area contributed by atoms with Gasteiger partial charge in [-0.25, -0.2) is 4.39 Å². The molecule has 0 aromatic carbocycles. The summed E-state index contributed by atoms with van der Waals surface area (Å²) in [4.78, 5) is 13.3. The van der Waals surface area contributed by atoms with Gasteiger partial charge < -0.3 is 20.8 Å². The molecule has 2 heterocycles. The van der Waals surface area contributed by atoms with E-state index in [4.69, 9.17) is 5.73 Å². The van der Waals surface area contributed by atoms with Crippen LogP contribution in [0.2, 0.25) is 0 Å². The highest BCUT2D eigenvalue weighted by atomic mass is 19.1. The lowest BCUT2D eigenvalue weighted by Gasteiger charge is -2.27. The van der Waals surface area contributed by atoms with Crippen molar-refractivity contribution in [2.75, 3.05) is 23.7 Å². The summed E-state index contributed by atoms with van der Waals surface area (Å²) < 4.78 is 14.2. The number of aliphatic hydroxyl groups excluding tert-OH is 1. The lowest BCUT2D eigenvalue weighted by atomic mass is 9.79. The van der Waals surface area contributed by atoms with Crippen LogP contribution in [0.4, 0.5) is 16.0 Å². The normalized spacial score (nSPS) is 30.3. The molecular weight excluding hydrogens is 303 g/mol. The number of carbonyl (C=O) groups is 1. The van der Waals surface area contributed by atoms with E-state index in [-0.39, 0.29) is 18.1 Å². The quantitative estimate of drug-likeness (QED) is 0.766. The first-order valence-corrected chi connectivity index (χ1v) is 7.25. The third-order valence-corrected chi connectivity index (χ3v) is 4.36. The standard InChI is InChI=1S/C15H17FN4O3/c16-12-5-8(21)1-2-9(12)10-6-20(7-11(10)15(22)23)14-4-3-13(17)18-19-14/h1-5,9-12,21H,6-7H2,(H2,17,18)(H,22,23)/t9?,10-,11+,12?/m0/s1. The van der Waals surface area contributed by atoms with E-state index in [1.807, 2.05) is 0 Å². The van der Waals surface area contributed by atoms with Gasteiger partial charge >= 0.3 is 5.97 Å². The monoisotopic (exact) mass is 320 g/mol. The molecule has 0 amide bonds. The van der Waals surface area contributed by atoms with Crippen molar-refractivity contribution < 1.29 is 19.4 Å². The van der Waals surface area contributed by atoms with E-state index in [0.717, 1.165) is 6.08 Å². The zero-order valence-electron chi connectivity index (χ0n) is 12.2. The van der Waals surface area contributed by atoms with Crippen molar-refractivity contribution in [2.45, 2.75) is 6.17 Å². The minimum absolute atomic E-state index is 0.139. The van der Waals surface area contributed by atoms with Gasteiger partial charge in [-0.2, -0.15) is 0 Å². The van der Waals surface area contributed by atoms with Crippen molar-refractivity contribution in [2.24, 2.45) is 17.8 Å². The number of carboxylic acid groups (broad SMARTS) is 1. The maximum Gasteiger partial charge on any atom is 0.308 e. The van der Waals surface area contributed by atoms with Crippen LogP contribution < -0.4 is 10.6 Å². The Morgan fingerprint density at radius 3 is 2.74 bits per heavy atom. The van der Waals surface area contributed by atoms with Crippen molar-refractivity contribution in [3.8, 4) is 0 Å². The van der Waals surface area contributed by atoms with E-state index in [1.54, 1.807) is 23.1 Å². The van der Waals surface area contributed by atoms with Crippen molar-refractivity contribution in [1.29, 1.82) is 0 Å². The van der Waals surface area contributed by atoms with Crippen molar-refractivity contribution in [1.82, 2.24) is 10.2 Å². The van der Waals surface area contributed by atoms with Crippen LogP contribution in [-0.2, 0) is 4.79 Å². The maximum atomic E-state index is 14.2. The molecule has 1 aliphatic heterocycles. The number of nitrogens with zero attached hydrogens (tertiary/aromatic N) is 3. The maximum absolute atomic E-state index is 14.2. The van der Waals surface area contributed by atoms with Gasteiger partial charge in [-0.15, -0.1) is 10.2 Å². The van der Waals surface area contributed by atoms with Crippen LogP contribution in [0.5, 0.6) is 0 Å². The van der Waals surface area contributed by atoms with Gasteiger partial charge in [0.1, 0.15) is 17.7 Å². The molecule has 1 fully saturated rings. The van der Waals surface area contributed by atoms with Gasteiger partial charge in [0.2, 0.25) is 0 Å². The topological polar surface area (TPSA) is 113 Å². The number of rotatable bonds is 3. The summed E-state index contributed by atoms with van der Waals surface area (Å²) in [6, 6.07) is 3.25. The van der Waals surface area contributed by atoms with Crippen LogP contribution in [0.25, 0.3) is 0 Å². The fraction of sp³-hybridized carbons (Fsp3) is 0.400. The summed E-state index contributed by atoms with van der Waals surface area (Å²) in [5.41, 5.74) is 5.50. The molecule has 2 unspecified atom stereocenters. The van der Waals surface area contributed by atoms with E-state index in [9.17, 15) is 19.4 Å². The number of aliphatic hydroxyl groups is 1. The van der Waals surface area contributed by atoms with Gasteiger partial charge in [-0.3, -0.25) is 4.79 Å². The molecule has 1 aliphatic carbocycles. The molecule has 0 radical (unpaired) electrons. The van der Waals surface area contributed by atoms with E-state index in [0.29, 0.717) is 12.4 Å². The first kappa shape index (κ1) is 15.3. The fourth-order valence-corrected chi connectivity index (χ4v) is 3.20. The summed E-state index contributed by atoms with van der Waals surface area (Å²) in [6.07, 6.45) is 2.64. The van der Waals surface area contributed by atoms with Gasteiger partial charge in [-0.05, 0) is 24.3 Å². The minimum atomic E-state index is -1.41. The Balaban J connectivity index is 1.83. The van der Waals surface area contributed by atoms with E-state index in [1.165, 1.54) is 6.08 Å². The Bertz CT molecular complexity index is 661. The van der Waals surface area contributed by atoms with Gasteiger partial charge in [-0.1, -0.05) is 6.08 Å². The average Bonchev–Trinajstić information content (AvgIpc) is 2.93. The molecule has 4 N–H and O–H groups in total. The second-order valence-electron chi connectivity index (χ2n) is 5.80. The Morgan fingerprint density at radius 2 is 2.13 bits per heavy atom. The smallest absolute Gasteiger partial charge is 0.308 e. The summed E-state index contributed by atoms with van der Waals surface area (Å²) >= 11 is 0. The van der Waals surface area contributed by atoms with Crippen molar-refractivity contribution in [3.05, 3.63) is 36.1 Å². The molecule has 122 valence electrons. The highest BCUT2D eigenvalue weighted by Crippen LogP contribution is 2.37. The number of alkyl halides is 1. The summed E-state index contributed by atoms with van der Waals surface area (Å²) in [6.45, 7) is 0.574. The van der Waals surface area contributed by atoms with Crippen molar-refractivity contribution in [3.63, 3.8) is 0 Å². The molecule has 1 aromatic rings. The van der Waals surface area contributed by atoms with Gasteiger partial charge in [0.15, 0.2) is 5.82 Å². The zero-order valence-corrected chi connectivity index (χ0v) is 12.2. The SMILES string of the molecule is Nc1ccc(N2C[C@@H](C(=O)O)[C@H](C3C=CC(O)=CC3F)C2)nn1. The first-order valence-electron chi connectivity index (χ1n) is 7.25. The minimum Gasteiger partial charge on any atom is -0.508 e. The van der Waals surface area contributed by atoms with Crippen LogP contribution >= 0.6 is 0 Å². The highest BCUT2D eigenvalue weighted by molar-refractivity contribution is 5.72. The summed E-state index contributed by atoms with van der Waals surface area (Å²) in [5.74, 6) is -2.07. The van der Waals surface area contributed by atoms with Crippen LogP contribution in [-0.4, -0.2) is 45.6 Å². The van der Waals surface area contributed by atoms with Crippen LogP contribution in [0.3, 0.4) is 0 Å². The van der Waals surface area contributed by atoms with E-state index in [2.05, 4.69) is 10.2 Å². The fourth-order valence-electron chi connectivity index (χ4n) is 3.20. The number of carboxylic acids is 1. The predicted octanol–water partition coefficient (Wildman–Crippen LogP) is 1.16. The van der Waals surface area contributed by atoms with E-state index < -0.39 is 29.9 Å². The molecule has 8 heteroatoms. The molecule has 2 aliphatic rings. The third kappa shape index (κ3) is 2.96.